The largest absolute Gasteiger partial charge is 0.481 e. The molecule has 1 aromatic heterocycles. The number of carboxylic acids is 1. The number of aromatic nitrogens is 1. The standard InChI is InChI=1S/C29H39NO4/c1-4-20(28-18(2)13-16-25(34-28)19(3)29(32)33)8-5-10-22-15-14-21-9-6-11-23(21)26(22)27(31)24-12-7-17-30-24/h5,7-8,10,12,14-15,17-19,21-23,25-26,28,30H,4,6,9,11,13,16H2,1-3H3,(H,32,33)/b10-5+,20-8+/t18-,19-,21+,22-,23+,25+,26-,28-/m1/s1. The molecule has 1 saturated carbocycles. The molecule has 1 aromatic rings. The lowest BCUT2D eigenvalue weighted by Gasteiger charge is -2.37. The maximum atomic E-state index is 13.4. The van der Waals surface area contributed by atoms with Gasteiger partial charge in [0.15, 0.2) is 5.78 Å². The third-order valence-electron chi connectivity index (χ3n) is 8.36. The first-order chi connectivity index (χ1) is 16.4. The molecule has 5 heteroatoms. The second-order valence-electron chi connectivity index (χ2n) is 10.5. The lowest BCUT2D eigenvalue weighted by Crippen LogP contribution is -2.40. The second kappa shape index (κ2) is 10.9. The van der Waals surface area contributed by atoms with Crippen molar-refractivity contribution in [1.82, 2.24) is 4.98 Å². The summed E-state index contributed by atoms with van der Waals surface area (Å²) in [5.41, 5.74) is 1.90. The fourth-order valence-electron chi connectivity index (χ4n) is 6.26. The molecule has 1 saturated heterocycles. The fraction of sp³-hybridized carbons (Fsp3) is 0.586. The van der Waals surface area contributed by atoms with Gasteiger partial charge in [-0.2, -0.15) is 0 Å². The van der Waals surface area contributed by atoms with Gasteiger partial charge in [0.05, 0.1) is 23.8 Å². The minimum absolute atomic E-state index is 0.0310. The Balaban J connectivity index is 1.53. The molecule has 8 atom stereocenters. The predicted octanol–water partition coefficient (Wildman–Crippen LogP) is 6.21. The average Bonchev–Trinajstić information content (AvgIpc) is 3.53. The molecule has 0 spiro atoms. The summed E-state index contributed by atoms with van der Waals surface area (Å²) < 4.78 is 6.33. The number of carboxylic acid groups (broad SMARTS) is 1. The molecule has 1 aliphatic heterocycles. The Morgan fingerprint density at radius 3 is 2.76 bits per heavy atom. The van der Waals surface area contributed by atoms with Gasteiger partial charge in [0, 0.05) is 18.0 Å². The molecule has 3 aliphatic rings. The van der Waals surface area contributed by atoms with Crippen LogP contribution in [0.4, 0.5) is 0 Å². The van der Waals surface area contributed by atoms with Crippen LogP contribution in [-0.4, -0.2) is 34.1 Å². The molecular formula is C29H39NO4. The number of nitrogens with one attached hydrogen (secondary N) is 1. The summed E-state index contributed by atoms with van der Waals surface area (Å²) in [7, 11) is 0. The molecule has 5 nitrogen and oxygen atoms in total. The number of fused-ring (bicyclic) bond motifs is 1. The highest BCUT2D eigenvalue weighted by atomic mass is 16.5. The number of Topliss-reactive ketones (excluding diaryl/α,β-unsaturated/α-hetero) is 1. The fourth-order valence-corrected chi connectivity index (χ4v) is 6.26. The number of ether oxygens (including phenoxy) is 1. The summed E-state index contributed by atoms with van der Waals surface area (Å²) in [4.78, 5) is 28.0. The van der Waals surface area contributed by atoms with Crippen molar-refractivity contribution in [3.63, 3.8) is 0 Å². The molecular weight excluding hydrogens is 426 g/mol. The molecule has 2 heterocycles. The third-order valence-corrected chi connectivity index (χ3v) is 8.36. The van der Waals surface area contributed by atoms with Crippen molar-refractivity contribution in [2.24, 2.45) is 35.5 Å². The first-order valence-corrected chi connectivity index (χ1v) is 13.0. The zero-order valence-electron chi connectivity index (χ0n) is 20.7. The number of hydrogen-bond donors (Lipinski definition) is 2. The number of aliphatic carboxylic acids is 1. The number of carbonyl (C=O) groups excluding carboxylic acids is 1. The molecule has 2 aliphatic carbocycles. The quantitative estimate of drug-likeness (QED) is 0.272. The van der Waals surface area contributed by atoms with Crippen molar-refractivity contribution in [3.05, 3.63) is 60.0 Å². The van der Waals surface area contributed by atoms with Crippen LogP contribution < -0.4 is 0 Å². The van der Waals surface area contributed by atoms with Gasteiger partial charge in [-0.25, -0.2) is 0 Å². The minimum atomic E-state index is -0.799. The molecule has 0 amide bonds. The van der Waals surface area contributed by atoms with Crippen molar-refractivity contribution >= 4 is 11.8 Å². The van der Waals surface area contributed by atoms with E-state index >= 15 is 0 Å². The first kappa shape index (κ1) is 24.7. The lowest BCUT2D eigenvalue weighted by atomic mass is 9.69. The summed E-state index contributed by atoms with van der Waals surface area (Å²) in [5, 5.41) is 9.43. The zero-order valence-corrected chi connectivity index (χ0v) is 20.7. The summed E-state index contributed by atoms with van der Waals surface area (Å²) in [6.07, 6.45) is 18.6. The maximum absolute atomic E-state index is 13.4. The highest BCUT2D eigenvalue weighted by molar-refractivity contribution is 5.97. The van der Waals surface area contributed by atoms with Gasteiger partial charge in [0.1, 0.15) is 0 Å². The molecule has 0 radical (unpaired) electrons. The third kappa shape index (κ3) is 5.14. The Bertz CT molecular complexity index is 943. The smallest absolute Gasteiger partial charge is 0.308 e. The van der Waals surface area contributed by atoms with Crippen LogP contribution in [-0.2, 0) is 9.53 Å². The summed E-state index contributed by atoms with van der Waals surface area (Å²) in [6.45, 7) is 6.05. The summed E-state index contributed by atoms with van der Waals surface area (Å²) in [6, 6.07) is 3.78. The van der Waals surface area contributed by atoms with Crippen LogP contribution in [0.5, 0.6) is 0 Å². The van der Waals surface area contributed by atoms with E-state index in [2.05, 4.69) is 49.2 Å². The van der Waals surface area contributed by atoms with Crippen molar-refractivity contribution in [2.45, 2.75) is 71.5 Å². The van der Waals surface area contributed by atoms with Gasteiger partial charge >= 0.3 is 5.97 Å². The molecule has 184 valence electrons. The van der Waals surface area contributed by atoms with Crippen LogP contribution in [0.1, 0.15) is 69.8 Å². The lowest BCUT2D eigenvalue weighted by molar-refractivity contribution is -0.152. The maximum Gasteiger partial charge on any atom is 0.308 e. The molecule has 0 bridgehead atoms. The van der Waals surface area contributed by atoms with E-state index in [-0.39, 0.29) is 29.8 Å². The highest BCUT2D eigenvalue weighted by Crippen LogP contribution is 2.46. The van der Waals surface area contributed by atoms with Crippen LogP contribution >= 0.6 is 0 Å². The SMILES string of the molecule is CC/C(=C\C=C\[C@@H]1C=C[C@@H]2CCC[C@@H]2[C@@H]1C(=O)c1ccc[nH]1)[C@@H]1O[C@H]([C@@H](C)C(=O)O)CC[C@H]1C. The van der Waals surface area contributed by atoms with E-state index in [1.54, 1.807) is 6.92 Å². The van der Waals surface area contributed by atoms with Crippen LogP contribution in [0.25, 0.3) is 0 Å². The molecule has 34 heavy (non-hydrogen) atoms. The number of allylic oxidation sites excluding steroid dienone is 5. The van der Waals surface area contributed by atoms with Gasteiger partial charge in [0.25, 0.3) is 0 Å². The van der Waals surface area contributed by atoms with Gasteiger partial charge in [-0.3, -0.25) is 9.59 Å². The highest BCUT2D eigenvalue weighted by Gasteiger charge is 2.42. The van der Waals surface area contributed by atoms with Crippen LogP contribution in [0.2, 0.25) is 0 Å². The van der Waals surface area contributed by atoms with Gasteiger partial charge < -0.3 is 14.8 Å². The van der Waals surface area contributed by atoms with Crippen LogP contribution in [0.15, 0.2) is 54.3 Å². The Morgan fingerprint density at radius 2 is 2.06 bits per heavy atom. The monoisotopic (exact) mass is 465 g/mol. The molecule has 4 rings (SSSR count). The zero-order chi connectivity index (χ0) is 24.2. The number of aromatic amines is 1. The van der Waals surface area contributed by atoms with Gasteiger partial charge in [-0.05, 0) is 74.5 Å². The van der Waals surface area contributed by atoms with E-state index in [4.69, 9.17) is 4.74 Å². The number of rotatable bonds is 8. The Kier molecular flexibility index (Phi) is 7.92. The topological polar surface area (TPSA) is 79.4 Å². The van der Waals surface area contributed by atoms with Crippen molar-refractivity contribution < 1.29 is 19.4 Å². The van der Waals surface area contributed by atoms with E-state index < -0.39 is 11.9 Å². The van der Waals surface area contributed by atoms with Crippen molar-refractivity contribution in [1.29, 1.82) is 0 Å². The van der Waals surface area contributed by atoms with E-state index in [9.17, 15) is 14.7 Å². The Hall–Kier alpha value is -2.40. The first-order valence-electron chi connectivity index (χ1n) is 13.0. The van der Waals surface area contributed by atoms with E-state index in [1.807, 2.05) is 18.3 Å². The number of carbonyl (C=O) groups is 2. The van der Waals surface area contributed by atoms with Crippen molar-refractivity contribution in [2.75, 3.05) is 0 Å². The van der Waals surface area contributed by atoms with Crippen LogP contribution in [0.3, 0.4) is 0 Å². The van der Waals surface area contributed by atoms with Gasteiger partial charge in [0.2, 0.25) is 0 Å². The van der Waals surface area contributed by atoms with E-state index in [1.165, 1.54) is 18.4 Å². The summed E-state index contributed by atoms with van der Waals surface area (Å²) in [5.74, 6) is 0.237. The normalized spacial score (nSPS) is 34.8. The number of H-pyrrole nitrogens is 1. The Labute approximate surface area is 203 Å². The van der Waals surface area contributed by atoms with Crippen molar-refractivity contribution in [3.8, 4) is 0 Å². The molecule has 0 unspecified atom stereocenters. The van der Waals surface area contributed by atoms with Crippen LogP contribution in [0, 0.1) is 35.5 Å². The minimum Gasteiger partial charge on any atom is -0.481 e. The summed E-state index contributed by atoms with van der Waals surface area (Å²) >= 11 is 0. The Morgan fingerprint density at radius 1 is 1.24 bits per heavy atom. The average molecular weight is 466 g/mol. The molecule has 2 N–H and O–H groups in total. The van der Waals surface area contributed by atoms with Gasteiger partial charge in [-0.15, -0.1) is 0 Å². The second-order valence-corrected chi connectivity index (χ2v) is 10.5. The van der Waals surface area contributed by atoms with Gasteiger partial charge in [-0.1, -0.05) is 50.6 Å². The van der Waals surface area contributed by atoms with E-state index in [0.29, 0.717) is 23.4 Å². The van der Waals surface area contributed by atoms with E-state index in [0.717, 1.165) is 25.7 Å². The predicted molar refractivity (Wildman–Crippen MR) is 133 cm³/mol. The molecule has 2 fully saturated rings. The molecule has 0 aromatic carbocycles. The number of ketones is 1. The number of hydrogen-bond acceptors (Lipinski definition) is 3.